The van der Waals surface area contributed by atoms with Crippen molar-refractivity contribution in [3.63, 3.8) is 0 Å². The quantitative estimate of drug-likeness (QED) is 0.817. The van der Waals surface area contributed by atoms with Crippen molar-refractivity contribution in [3.05, 3.63) is 0 Å². The van der Waals surface area contributed by atoms with Crippen LogP contribution in [0.3, 0.4) is 0 Å². The molecule has 1 heterocycles. The fraction of sp³-hybridized carbons (Fsp3) is 1.00. The van der Waals surface area contributed by atoms with E-state index in [1.165, 1.54) is 64.6 Å². The highest BCUT2D eigenvalue weighted by molar-refractivity contribution is 4.86. The van der Waals surface area contributed by atoms with Crippen LogP contribution in [0.4, 0.5) is 0 Å². The SMILES string of the molecule is CCCNC1CCCC(N2CCC(C(C)C)CC2)C1. The minimum absolute atomic E-state index is 0.793. The molecule has 2 fully saturated rings. The van der Waals surface area contributed by atoms with E-state index >= 15 is 0 Å². The molecule has 19 heavy (non-hydrogen) atoms. The minimum Gasteiger partial charge on any atom is -0.314 e. The van der Waals surface area contributed by atoms with Gasteiger partial charge in [-0.3, -0.25) is 0 Å². The Morgan fingerprint density at radius 3 is 2.47 bits per heavy atom. The predicted octanol–water partition coefficient (Wildman–Crippen LogP) is 3.67. The molecule has 0 spiro atoms. The van der Waals surface area contributed by atoms with Gasteiger partial charge in [-0.2, -0.15) is 0 Å². The molecule has 0 aromatic heterocycles. The molecule has 0 bridgehead atoms. The van der Waals surface area contributed by atoms with Crippen LogP contribution < -0.4 is 5.32 Å². The first-order chi connectivity index (χ1) is 9.20. The second-order valence-electron chi connectivity index (χ2n) is 7.09. The molecule has 2 nitrogen and oxygen atoms in total. The van der Waals surface area contributed by atoms with E-state index in [1.54, 1.807) is 0 Å². The maximum atomic E-state index is 3.74. The Labute approximate surface area is 120 Å². The summed E-state index contributed by atoms with van der Waals surface area (Å²) < 4.78 is 0. The van der Waals surface area contributed by atoms with E-state index in [2.05, 4.69) is 31.0 Å². The number of nitrogens with one attached hydrogen (secondary N) is 1. The first-order valence-corrected chi connectivity index (χ1v) is 8.68. The summed E-state index contributed by atoms with van der Waals surface area (Å²) in [7, 11) is 0. The van der Waals surface area contributed by atoms with Crippen molar-refractivity contribution in [3.8, 4) is 0 Å². The van der Waals surface area contributed by atoms with Crippen molar-refractivity contribution in [2.75, 3.05) is 19.6 Å². The van der Waals surface area contributed by atoms with Crippen LogP contribution in [0.25, 0.3) is 0 Å². The Balaban J connectivity index is 1.75. The third-order valence-electron chi connectivity index (χ3n) is 5.36. The molecule has 0 amide bonds. The number of piperidine rings is 1. The molecule has 2 rings (SSSR count). The number of hydrogen-bond donors (Lipinski definition) is 1. The summed E-state index contributed by atoms with van der Waals surface area (Å²) >= 11 is 0. The van der Waals surface area contributed by atoms with Gasteiger partial charge in [0.15, 0.2) is 0 Å². The van der Waals surface area contributed by atoms with Gasteiger partial charge in [0.25, 0.3) is 0 Å². The second kappa shape index (κ2) is 7.64. The van der Waals surface area contributed by atoms with Crippen molar-refractivity contribution >= 4 is 0 Å². The van der Waals surface area contributed by atoms with Gasteiger partial charge in [-0.05, 0) is 70.0 Å². The molecular weight excluding hydrogens is 232 g/mol. The van der Waals surface area contributed by atoms with Gasteiger partial charge in [0.2, 0.25) is 0 Å². The molecule has 2 unspecified atom stereocenters. The van der Waals surface area contributed by atoms with Gasteiger partial charge in [0, 0.05) is 12.1 Å². The Morgan fingerprint density at radius 2 is 1.84 bits per heavy atom. The second-order valence-corrected chi connectivity index (χ2v) is 7.09. The van der Waals surface area contributed by atoms with Crippen LogP contribution in [-0.4, -0.2) is 36.6 Å². The first kappa shape index (κ1) is 15.3. The Morgan fingerprint density at radius 1 is 1.11 bits per heavy atom. The lowest BCUT2D eigenvalue weighted by Crippen LogP contribution is -2.47. The van der Waals surface area contributed by atoms with Gasteiger partial charge in [-0.25, -0.2) is 0 Å². The number of likely N-dealkylation sites (tertiary alicyclic amines) is 1. The van der Waals surface area contributed by atoms with E-state index in [0.717, 1.165) is 23.9 Å². The lowest BCUT2D eigenvalue weighted by Gasteiger charge is -2.42. The molecule has 0 aromatic carbocycles. The van der Waals surface area contributed by atoms with Gasteiger partial charge in [-0.15, -0.1) is 0 Å². The molecule has 2 aliphatic rings. The highest BCUT2D eigenvalue weighted by atomic mass is 15.2. The molecule has 1 aliphatic carbocycles. The summed E-state index contributed by atoms with van der Waals surface area (Å²) in [6, 6.07) is 1.66. The van der Waals surface area contributed by atoms with Crippen LogP contribution in [0.15, 0.2) is 0 Å². The maximum absolute atomic E-state index is 3.74. The van der Waals surface area contributed by atoms with Crippen molar-refractivity contribution in [2.24, 2.45) is 11.8 Å². The molecule has 0 aromatic rings. The summed E-state index contributed by atoms with van der Waals surface area (Å²) in [6.07, 6.45) is 9.79. The predicted molar refractivity (Wildman–Crippen MR) is 83.5 cm³/mol. The minimum atomic E-state index is 0.793. The maximum Gasteiger partial charge on any atom is 0.0110 e. The fourth-order valence-corrected chi connectivity index (χ4v) is 3.98. The van der Waals surface area contributed by atoms with E-state index in [-0.39, 0.29) is 0 Å². The zero-order chi connectivity index (χ0) is 13.7. The van der Waals surface area contributed by atoms with E-state index in [4.69, 9.17) is 0 Å². The zero-order valence-corrected chi connectivity index (χ0v) is 13.3. The molecule has 0 radical (unpaired) electrons. The molecule has 112 valence electrons. The lowest BCUT2D eigenvalue weighted by atomic mass is 9.84. The summed E-state index contributed by atoms with van der Waals surface area (Å²) in [6.45, 7) is 11.0. The summed E-state index contributed by atoms with van der Waals surface area (Å²) in [5, 5.41) is 3.74. The van der Waals surface area contributed by atoms with E-state index in [1.807, 2.05) is 0 Å². The average Bonchev–Trinajstić information content (AvgIpc) is 2.45. The van der Waals surface area contributed by atoms with Crippen molar-refractivity contribution in [1.29, 1.82) is 0 Å². The number of hydrogen-bond acceptors (Lipinski definition) is 2. The topological polar surface area (TPSA) is 15.3 Å². The van der Waals surface area contributed by atoms with Crippen LogP contribution in [0, 0.1) is 11.8 Å². The number of nitrogens with zero attached hydrogens (tertiary/aromatic N) is 1. The van der Waals surface area contributed by atoms with Gasteiger partial charge in [0.1, 0.15) is 0 Å². The molecule has 1 aliphatic heterocycles. The molecular formula is C17H34N2. The summed E-state index contributed by atoms with van der Waals surface area (Å²) in [5.74, 6) is 1.86. The summed E-state index contributed by atoms with van der Waals surface area (Å²) in [4.78, 5) is 2.80. The lowest BCUT2D eigenvalue weighted by molar-refractivity contribution is 0.0847. The van der Waals surface area contributed by atoms with E-state index < -0.39 is 0 Å². The monoisotopic (exact) mass is 266 g/mol. The molecule has 2 heteroatoms. The van der Waals surface area contributed by atoms with Gasteiger partial charge < -0.3 is 10.2 Å². The molecule has 1 saturated carbocycles. The zero-order valence-electron chi connectivity index (χ0n) is 13.3. The Kier molecular flexibility index (Phi) is 6.15. The first-order valence-electron chi connectivity index (χ1n) is 8.68. The third-order valence-corrected chi connectivity index (χ3v) is 5.36. The van der Waals surface area contributed by atoms with Crippen LogP contribution in [-0.2, 0) is 0 Å². The standard InChI is InChI=1S/C17H34N2/c1-4-10-18-16-6-5-7-17(13-16)19-11-8-15(9-12-19)14(2)3/h14-18H,4-13H2,1-3H3. The van der Waals surface area contributed by atoms with Crippen LogP contribution in [0.5, 0.6) is 0 Å². The van der Waals surface area contributed by atoms with Gasteiger partial charge in [-0.1, -0.05) is 27.2 Å². The van der Waals surface area contributed by atoms with Crippen LogP contribution in [0.1, 0.15) is 65.7 Å². The number of rotatable bonds is 5. The van der Waals surface area contributed by atoms with Crippen LogP contribution in [0.2, 0.25) is 0 Å². The van der Waals surface area contributed by atoms with E-state index in [9.17, 15) is 0 Å². The molecule has 2 atom stereocenters. The van der Waals surface area contributed by atoms with Crippen LogP contribution >= 0.6 is 0 Å². The average molecular weight is 266 g/mol. The molecule has 1 saturated heterocycles. The Hall–Kier alpha value is -0.0800. The smallest absolute Gasteiger partial charge is 0.0110 e. The van der Waals surface area contributed by atoms with Gasteiger partial charge in [0.05, 0.1) is 0 Å². The Bertz CT molecular complexity index is 244. The highest BCUT2D eigenvalue weighted by Gasteiger charge is 2.29. The third kappa shape index (κ3) is 4.46. The van der Waals surface area contributed by atoms with Crippen molar-refractivity contribution < 1.29 is 0 Å². The fourth-order valence-electron chi connectivity index (χ4n) is 3.98. The largest absolute Gasteiger partial charge is 0.314 e. The normalized spacial score (nSPS) is 30.9. The highest BCUT2D eigenvalue weighted by Crippen LogP contribution is 2.30. The van der Waals surface area contributed by atoms with Crippen molar-refractivity contribution in [2.45, 2.75) is 77.8 Å². The molecule has 1 N–H and O–H groups in total. The summed E-state index contributed by atoms with van der Waals surface area (Å²) in [5.41, 5.74) is 0. The van der Waals surface area contributed by atoms with Crippen molar-refractivity contribution in [1.82, 2.24) is 10.2 Å². The van der Waals surface area contributed by atoms with Gasteiger partial charge >= 0.3 is 0 Å². The van der Waals surface area contributed by atoms with E-state index in [0.29, 0.717) is 0 Å².